The molecule has 0 radical (unpaired) electrons. The molecule has 0 bridgehead atoms. The summed E-state index contributed by atoms with van der Waals surface area (Å²) in [6, 6.07) is 11.6. The van der Waals surface area contributed by atoms with E-state index in [0.29, 0.717) is 42.9 Å². The Hall–Kier alpha value is -3.03. The van der Waals surface area contributed by atoms with Gasteiger partial charge in [0.25, 0.3) is 5.91 Å². The number of piperidine rings is 1. The zero-order chi connectivity index (χ0) is 21.3. The van der Waals surface area contributed by atoms with E-state index in [0.717, 1.165) is 25.0 Å². The van der Waals surface area contributed by atoms with E-state index in [2.05, 4.69) is 0 Å². The predicted molar refractivity (Wildman–Crippen MR) is 104 cm³/mol. The average molecular weight is 418 g/mol. The largest absolute Gasteiger partial charge is 0.447 e. The van der Waals surface area contributed by atoms with Crippen LogP contribution >= 0.6 is 0 Å². The standard InChI is InChI=1S/C22H21F3N2O3/c23-22(24,25)17-9-7-15(8-10-17)19-6-1-2-11-27(19)20(28)16-4-3-5-18(14-16)26-12-13-30-21(26)29/h3-5,7-10,14,19H,1-2,6,11-13H2. The maximum absolute atomic E-state index is 13.3. The highest BCUT2D eigenvalue weighted by Crippen LogP contribution is 2.35. The molecule has 0 spiro atoms. The summed E-state index contributed by atoms with van der Waals surface area (Å²) in [6.07, 6.45) is -2.41. The lowest BCUT2D eigenvalue weighted by Gasteiger charge is -2.36. The molecule has 0 N–H and O–H groups in total. The molecule has 2 aromatic rings. The van der Waals surface area contributed by atoms with Crippen LogP contribution in [-0.4, -0.2) is 36.6 Å². The minimum atomic E-state index is -4.39. The maximum atomic E-state index is 13.3. The van der Waals surface area contributed by atoms with Crippen LogP contribution in [0.3, 0.4) is 0 Å². The molecule has 2 aliphatic heterocycles. The second-order valence-electron chi connectivity index (χ2n) is 7.45. The fourth-order valence-electron chi connectivity index (χ4n) is 4.02. The third-order valence-corrected chi connectivity index (χ3v) is 5.55. The molecule has 0 aromatic heterocycles. The molecule has 30 heavy (non-hydrogen) atoms. The van der Waals surface area contributed by atoms with Crippen LogP contribution in [0, 0.1) is 0 Å². The first kappa shape index (κ1) is 20.3. The Morgan fingerprint density at radius 1 is 1.03 bits per heavy atom. The van der Waals surface area contributed by atoms with Crippen LogP contribution in [0.1, 0.15) is 46.8 Å². The van der Waals surface area contributed by atoms with Crippen LogP contribution in [0.25, 0.3) is 0 Å². The number of alkyl halides is 3. The van der Waals surface area contributed by atoms with Crippen LogP contribution in [0.2, 0.25) is 0 Å². The molecule has 5 nitrogen and oxygen atoms in total. The molecule has 2 heterocycles. The number of anilines is 1. The lowest BCUT2D eigenvalue weighted by atomic mass is 9.93. The van der Waals surface area contributed by atoms with Gasteiger partial charge >= 0.3 is 12.3 Å². The number of carbonyl (C=O) groups is 2. The fraction of sp³-hybridized carbons (Fsp3) is 0.364. The van der Waals surface area contributed by atoms with Crippen molar-refractivity contribution >= 4 is 17.7 Å². The van der Waals surface area contributed by atoms with Crippen LogP contribution in [0.4, 0.5) is 23.7 Å². The van der Waals surface area contributed by atoms with E-state index in [-0.39, 0.29) is 11.9 Å². The maximum Gasteiger partial charge on any atom is 0.416 e. The van der Waals surface area contributed by atoms with Gasteiger partial charge in [-0.15, -0.1) is 0 Å². The molecular formula is C22H21F3N2O3. The first-order chi connectivity index (χ1) is 14.3. The van der Waals surface area contributed by atoms with Crippen LogP contribution in [0.5, 0.6) is 0 Å². The summed E-state index contributed by atoms with van der Waals surface area (Å²) in [5.41, 5.74) is 1.01. The first-order valence-electron chi connectivity index (χ1n) is 9.87. The summed E-state index contributed by atoms with van der Waals surface area (Å²) >= 11 is 0. The van der Waals surface area contributed by atoms with Gasteiger partial charge in [-0.2, -0.15) is 13.2 Å². The van der Waals surface area contributed by atoms with Gasteiger partial charge in [0.1, 0.15) is 6.61 Å². The molecule has 2 amide bonds. The van der Waals surface area contributed by atoms with E-state index >= 15 is 0 Å². The quantitative estimate of drug-likeness (QED) is 0.703. The third kappa shape index (κ3) is 3.99. The highest BCUT2D eigenvalue weighted by Gasteiger charge is 2.33. The van der Waals surface area contributed by atoms with Crippen molar-refractivity contribution in [2.24, 2.45) is 0 Å². The minimum Gasteiger partial charge on any atom is -0.447 e. The monoisotopic (exact) mass is 418 g/mol. The van der Waals surface area contributed by atoms with E-state index in [1.54, 1.807) is 29.2 Å². The predicted octanol–water partition coefficient (Wildman–Crippen LogP) is 5.03. The summed E-state index contributed by atoms with van der Waals surface area (Å²) in [5, 5.41) is 0. The number of carbonyl (C=O) groups excluding carboxylic acids is 2. The van der Waals surface area contributed by atoms with Crippen LogP contribution in [0.15, 0.2) is 48.5 Å². The number of amides is 2. The summed E-state index contributed by atoms with van der Waals surface area (Å²) < 4.78 is 43.6. The summed E-state index contributed by atoms with van der Waals surface area (Å²) in [4.78, 5) is 28.3. The Bertz CT molecular complexity index is 943. The van der Waals surface area contributed by atoms with E-state index in [4.69, 9.17) is 4.74 Å². The normalized spacial score (nSPS) is 19.7. The van der Waals surface area contributed by atoms with Gasteiger partial charge in [0.2, 0.25) is 0 Å². The molecule has 1 atom stereocenters. The summed E-state index contributed by atoms with van der Waals surface area (Å²) in [6.45, 7) is 1.26. The Labute approximate surface area is 172 Å². The number of halogens is 3. The average Bonchev–Trinajstić information content (AvgIpc) is 3.19. The first-order valence-corrected chi connectivity index (χ1v) is 9.87. The number of nitrogens with zero attached hydrogens (tertiary/aromatic N) is 2. The van der Waals surface area contributed by atoms with Gasteiger partial charge < -0.3 is 9.64 Å². The van der Waals surface area contributed by atoms with Crippen LogP contribution < -0.4 is 4.90 Å². The number of likely N-dealkylation sites (tertiary alicyclic amines) is 1. The van der Waals surface area contributed by atoms with Gasteiger partial charge in [0, 0.05) is 17.8 Å². The number of hydrogen-bond acceptors (Lipinski definition) is 3. The van der Waals surface area contributed by atoms with Crippen molar-refractivity contribution < 1.29 is 27.5 Å². The van der Waals surface area contributed by atoms with Crippen molar-refractivity contribution in [3.63, 3.8) is 0 Å². The van der Waals surface area contributed by atoms with Gasteiger partial charge in [-0.05, 0) is 55.2 Å². The lowest BCUT2D eigenvalue weighted by molar-refractivity contribution is -0.137. The van der Waals surface area contributed by atoms with Crippen LogP contribution in [-0.2, 0) is 10.9 Å². The molecule has 2 saturated heterocycles. The summed E-state index contributed by atoms with van der Waals surface area (Å²) in [7, 11) is 0. The van der Waals surface area contributed by atoms with Gasteiger partial charge in [-0.25, -0.2) is 4.79 Å². The molecule has 8 heteroatoms. The van der Waals surface area contributed by atoms with E-state index in [9.17, 15) is 22.8 Å². The molecule has 2 aromatic carbocycles. The highest BCUT2D eigenvalue weighted by atomic mass is 19.4. The van der Waals surface area contributed by atoms with Crippen molar-refractivity contribution in [1.82, 2.24) is 4.90 Å². The van der Waals surface area contributed by atoms with Crippen molar-refractivity contribution in [3.8, 4) is 0 Å². The smallest absolute Gasteiger partial charge is 0.416 e. The van der Waals surface area contributed by atoms with Gasteiger partial charge in [-0.1, -0.05) is 18.2 Å². The number of ether oxygens (including phenoxy) is 1. The Balaban J connectivity index is 1.58. The number of hydrogen-bond donors (Lipinski definition) is 0. The second-order valence-corrected chi connectivity index (χ2v) is 7.45. The minimum absolute atomic E-state index is 0.200. The molecule has 1 unspecified atom stereocenters. The zero-order valence-electron chi connectivity index (χ0n) is 16.2. The van der Waals surface area contributed by atoms with E-state index < -0.39 is 17.8 Å². The molecule has 0 saturated carbocycles. The van der Waals surface area contributed by atoms with Crippen molar-refractivity contribution in [3.05, 3.63) is 65.2 Å². The Morgan fingerprint density at radius 2 is 1.80 bits per heavy atom. The lowest BCUT2D eigenvalue weighted by Crippen LogP contribution is -2.38. The highest BCUT2D eigenvalue weighted by molar-refractivity contribution is 5.97. The third-order valence-electron chi connectivity index (χ3n) is 5.55. The molecule has 4 rings (SSSR count). The van der Waals surface area contributed by atoms with Gasteiger partial charge in [-0.3, -0.25) is 9.69 Å². The molecule has 2 fully saturated rings. The summed E-state index contributed by atoms with van der Waals surface area (Å²) in [5.74, 6) is -0.200. The number of cyclic esters (lactones) is 1. The van der Waals surface area contributed by atoms with Crippen molar-refractivity contribution in [1.29, 1.82) is 0 Å². The number of benzene rings is 2. The van der Waals surface area contributed by atoms with Crippen molar-refractivity contribution in [2.45, 2.75) is 31.5 Å². The molecule has 0 aliphatic carbocycles. The molecule has 158 valence electrons. The zero-order valence-corrected chi connectivity index (χ0v) is 16.2. The number of rotatable bonds is 3. The van der Waals surface area contributed by atoms with Gasteiger partial charge in [0.15, 0.2) is 0 Å². The SMILES string of the molecule is O=C1OCCN1c1cccc(C(=O)N2CCCCC2c2ccc(C(F)(F)F)cc2)c1. The molecule has 2 aliphatic rings. The topological polar surface area (TPSA) is 49.9 Å². The van der Waals surface area contributed by atoms with E-state index in [1.807, 2.05) is 0 Å². The molecular weight excluding hydrogens is 397 g/mol. The fourth-order valence-corrected chi connectivity index (χ4v) is 4.02. The Kier molecular flexibility index (Phi) is 5.40. The van der Waals surface area contributed by atoms with E-state index in [1.165, 1.54) is 17.0 Å². The van der Waals surface area contributed by atoms with Crippen molar-refractivity contribution in [2.75, 3.05) is 24.6 Å². The Morgan fingerprint density at radius 3 is 2.47 bits per heavy atom. The second kappa shape index (κ2) is 8.01. The van der Waals surface area contributed by atoms with Gasteiger partial charge in [0.05, 0.1) is 18.2 Å².